The Morgan fingerprint density at radius 3 is 2.70 bits per heavy atom. The summed E-state index contributed by atoms with van der Waals surface area (Å²) in [5, 5.41) is 13.4. The minimum Gasteiger partial charge on any atom is -0.322 e. The van der Waals surface area contributed by atoms with Gasteiger partial charge in [0.2, 0.25) is 0 Å². The molecule has 1 heterocycles. The van der Waals surface area contributed by atoms with E-state index in [1.165, 1.54) is 24.4 Å². The highest BCUT2D eigenvalue weighted by Crippen LogP contribution is 2.22. The van der Waals surface area contributed by atoms with Crippen LogP contribution in [0.4, 0.5) is 11.4 Å². The van der Waals surface area contributed by atoms with Gasteiger partial charge in [0.1, 0.15) is 4.60 Å². The number of carbonyl (C=O) groups is 1. The molecule has 0 radical (unpaired) electrons. The SMILES string of the molecule is Cc1cc([N+](=O)[O-])ccc1NC(=O)c1ccnc(Br)c1. The van der Waals surface area contributed by atoms with Crippen molar-refractivity contribution >= 4 is 33.2 Å². The summed E-state index contributed by atoms with van der Waals surface area (Å²) in [6.07, 6.45) is 1.52. The van der Waals surface area contributed by atoms with Gasteiger partial charge in [-0.1, -0.05) is 0 Å². The number of pyridine rings is 1. The van der Waals surface area contributed by atoms with Crippen LogP contribution in [0.1, 0.15) is 15.9 Å². The van der Waals surface area contributed by atoms with Crippen LogP contribution in [0.5, 0.6) is 0 Å². The predicted octanol–water partition coefficient (Wildman–Crippen LogP) is 3.31. The Morgan fingerprint density at radius 2 is 2.10 bits per heavy atom. The van der Waals surface area contributed by atoms with Crippen LogP contribution in [0, 0.1) is 17.0 Å². The summed E-state index contributed by atoms with van der Waals surface area (Å²) in [6, 6.07) is 7.46. The van der Waals surface area contributed by atoms with Gasteiger partial charge in [-0.15, -0.1) is 0 Å². The van der Waals surface area contributed by atoms with Gasteiger partial charge in [0, 0.05) is 29.6 Å². The number of carbonyl (C=O) groups excluding carboxylic acids is 1. The molecule has 6 nitrogen and oxygen atoms in total. The molecule has 1 aromatic heterocycles. The number of nitrogens with zero attached hydrogens (tertiary/aromatic N) is 2. The number of nitro groups is 1. The van der Waals surface area contributed by atoms with E-state index < -0.39 is 4.92 Å². The number of amides is 1. The first kappa shape index (κ1) is 14.1. The molecule has 0 unspecified atom stereocenters. The molecule has 1 N–H and O–H groups in total. The van der Waals surface area contributed by atoms with E-state index in [9.17, 15) is 14.9 Å². The Morgan fingerprint density at radius 1 is 1.35 bits per heavy atom. The van der Waals surface area contributed by atoms with Gasteiger partial charge in [0.15, 0.2) is 0 Å². The highest BCUT2D eigenvalue weighted by Gasteiger charge is 2.11. The van der Waals surface area contributed by atoms with Crippen molar-refractivity contribution < 1.29 is 9.72 Å². The molecule has 0 atom stereocenters. The first-order chi connectivity index (χ1) is 9.47. The number of hydrogen-bond acceptors (Lipinski definition) is 4. The van der Waals surface area contributed by atoms with E-state index in [0.29, 0.717) is 21.4 Å². The summed E-state index contributed by atoms with van der Waals surface area (Å²) >= 11 is 3.19. The highest BCUT2D eigenvalue weighted by atomic mass is 79.9. The minimum atomic E-state index is -0.474. The number of nitro benzene ring substituents is 1. The van der Waals surface area contributed by atoms with Crippen LogP contribution in [0.3, 0.4) is 0 Å². The Hall–Kier alpha value is -2.28. The second-order valence-corrected chi connectivity index (χ2v) is 4.89. The average Bonchev–Trinajstić information content (AvgIpc) is 2.40. The van der Waals surface area contributed by atoms with E-state index in [4.69, 9.17) is 0 Å². The second-order valence-electron chi connectivity index (χ2n) is 4.08. The van der Waals surface area contributed by atoms with E-state index in [0.717, 1.165) is 0 Å². The third kappa shape index (κ3) is 3.18. The Balaban J connectivity index is 2.22. The van der Waals surface area contributed by atoms with Gasteiger partial charge in [-0.2, -0.15) is 0 Å². The Bertz CT molecular complexity index is 688. The summed E-state index contributed by atoms with van der Waals surface area (Å²) < 4.78 is 0.561. The monoisotopic (exact) mass is 335 g/mol. The summed E-state index contributed by atoms with van der Waals surface area (Å²) in [7, 11) is 0. The number of benzene rings is 1. The maximum atomic E-state index is 12.0. The second kappa shape index (κ2) is 5.79. The molecule has 0 saturated heterocycles. The maximum absolute atomic E-state index is 12.0. The van der Waals surface area contributed by atoms with Crippen LogP contribution in [0.25, 0.3) is 0 Å². The third-order valence-corrected chi connectivity index (χ3v) is 3.09. The molecule has 0 bridgehead atoms. The van der Waals surface area contributed by atoms with Gasteiger partial charge in [-0.25, -0.2) is 4.98 Å². The summed E-state index contributed by atoms with van der Waals surface area (Å²) in [6.45, 7) is 1.70. The van der Waals surface area contributed by atoms with Crippen LogP contribution in [0.15, 0.2) is 41.1 Å². The normalized spacial score (nSPS) is 10.1. The van der Waals surface area contributed by atoms with Crippen molar-refractivity contribution in [2.75, 3.05) is 5.32 Å². The van der Waals surface area contributed by atoms with E-state index in [-0.39, 0.29) is 11.6 Å². The van der Waals surface area contributed by atoms with Crippen molar-refractivity contribution in [3.63, 3.8) is 0 Å². The summed E-state index contributed by atoms with van der Waals surface area (Å²) in [5.74, 6) is -0.301. The lowest BCUT2D eigenvalue weighted by molar-refractivity contribution is -0.384. The first-order valence-corrected chi connectivity index (χ1v) is 6.44. The fourth-order valence-electron chi connectivity index (χ4n) is 1.64. The first-order valence-electron chi connectivity index (χ1n) is 5.65. The van der Waals surface area contributed by atoms with Gasteiger partial charge in [-0.05, 0) is 46.6 Å². The van der Waals surface area contributed by atoms with E-state index in [2.05, 4.69) is 26.2 Å². The zero-order valence-electron chi connectivity index (χ0n) is 10.5. The summed E-state index contributed by atoms with van der Waals surface area (Å²) in [4.78, 5) is 26.2. The van der Waals surface area contributed by atoms with Crippen LogP contribution >= 0.6 is 15.9 Å². The smallest absolute Gasteiger partial charge is 0.269 e. The lowest BCUT2D eigenvalue weighted by Crippen LogP contribution is -2.13. The molecule has 0 aliphatic heterocycles. The minimum absolute atomic E-state index is 0.00726. The molecule has 7 heteroatoms. The van der Waals surface area contributed by atoms with E-state index in [1.54, 1.807) is 19.1 Å². The molecule has 2 rings (SSSR count). The van der Waals surface area contributed by atoms with Crippen LogP contribution < -0.4 is 5.32 Å². The third-order valence-electron chi connectivity index (χ3n) is 2.66. The zero-order chi connectivity index (χ0) is 14.7. The fourth-order valence-corrected chi connectivity index (χ4v) is 2.00. The Labute approximate surface area is 123 Å². The van der Waals surface area contributed by atoms with Crippen LogP contribution in [0.2, 0.25) is 0 Å². The molecule has 1 amide bonds. The molecule has 0 aliphatic rings. The van der Waals surface area contributed by atoms with Gasteiger partial charge < -0.3 is 5.32 Å². The molecule has 0 aliphatic carbocycles. The van der Waals surface area contributed by atoms with Gasteiger partial charge in [0.05, 0.1) is 4.92 Å². The van der Waals surface area contributed by atoms with Gasteiger partial charge >= 0.3 is 0 Å². The van der Waals surface area contributed by atoms with Gasteiger partial charge in [-0.3, -0.25) is 14.9 Å². The number of hydrogen-bond donors (Lipinski definition) is 1. The molecule has 102 valence electrons. The highest BCUT2D eigenvalue weighted by molar-refractivity contribution is 9.10. The molecule has 0 saturated carbocycles. The van der Waals surface area contributed by atoms with Crippen molar-refractivity contribution in [1.82, 2.24) is 4.98 Å². The molecule has 0 fully saturated rings. The quantitative estimate of drug-likeness (QED) is 0.529. The molecular formula is C13H10BrN3O3. The molecule has 1 aromatic carbocycles. The number of aryl methyl sites for hydroxylation is 1. The fraction of sp³-hybridized carbons (Fsp3) is 0.0769. The average molecular weight is 336 g/mol. The largest absolute Gasteiger partial charge is 0.322 e. The topological polar surface area (TPSA) is 85.1 Å². The van der Waals surface area contributed by atoms with Crippen molar-refractivity contribution in [1.29, 1.82) is 0 Å². The molecule has 0 spiro atoms. The zero-order valence-corrected chi connectivity index (χ0v) is 12.0. The van der Waals surface area contributed by atoms with E-state index >= 15 is 0 Å². The van der Waals surface area contributed by atoms with Crippen molar-refractivity contribution in [2.45, 2.75) is 6.92 Å². The number of halogens is 1. The lowest BCUT2D eigenvalue weighted by Gasteiger charge is -2.08. The predicted molar refractivity (Wildman–Crippen MR) is 77.7 cm³/mol. The maximum Gasteiger partial charge on any atom is 0.269 e. The van der Waals surface area contributed by atoms with Crippen LogP contribution in [-0.2, 0) is 0 Å². The number of rotatable bonds is 3. The Kier molecular flexibility index (Phi) is 4.09. The number of anilines is 1. The number of aromatic nitrogens is 1. The molecule has 20 heavy (non-hydrogen) atoms. The standard InChI is InChI=1S/C13H10BrN3O3/c1-8-6-10(17(19)20)2-3-11(8)16-13(18)9-4-5-15-12(14)7-9/h2-7H,1H3,(H,16,18). The summed E-state index contributed by atoms with van der Waals surface area (Å²) in [5.41, 5.74) is 1.60. The van der Waals surface area contributed by atoms with Crippen molar-refractivity contribution in [3.8, 4) is 0 Å². The van der Waals surface area contributed by atoms with Crippen LogP contribution in [-0.4, -0.2) is 15.8 Å². The van der Waals surface area contributed by atoms with Crippen molar-refractivity contribution in [3.05, 3.63) is 62.4 Å². The number of non-ortho nitro benzene ring substituents is 1. The van der Waals surface area contributed by atoms with Crippen molar-refractivity contribution in [2.24, 2.45) is 0 Å². The van der Waals surface area contributed by atoms with Gasteiger partial charge in [0.25, 0.3) is 11.6 Å². The molecular weight excluding hydrogens is 326 g/mol. The van der Waals surface area contributed by atoms with E-state index in [1.807, 2.05) is 0 Å². The number of nitrogens with one attached hydrogen (secondary N) is 1. The lowest BCUT2D eigenvalue weighted by atomic mass is 10.1. The molecule has 2 aromatic rings.